The van der Waals surface area contributed by atoms with Crippen LogP contribution >= 0.6 is 22.6 Å². The molecule has 26 heavy (non-hydrogen) atoms. The Kier molecular flexibility index (Phi) is 7.01. The first-order valence-corrected chi connectivity index (χ1v) is 10.6. The van der Waals surface area contributed by atoms with Gasteiger partial charge < -0.3 is 10.1 Å². The first kappa shape index (κ1) is 20.7. The summed E-state index contributed by atoms with van der Waals surface area (Å²) in [6, 6.07) is 11.6. The topological polar surface area (TPSA) is 75.7 Å². The predicted octanol–water partition coefficient (Wildman–Crippen LogP) is 3.58. The van der Waals surface area contributed by atoms with E-state index >= 15 is 0 Å². The lowest BCUT2D eigenvalue weighted by Crippen LogP contribution is -2.30. The monoisotopic (exact) mass is 488 g/mol. The van der Waals surface area contributed by atoms with Gasteiger partial charge in [0.25, 0.3) is 5.91 Å². The average molecular weight is 488 g/mol. The number of halogens is 1. The van der Waals surface area contributed by atoms with Crippen molar-refractivity contribution < 1.29 is 17.9 Å². The van der Waals surface area contributed by atoms with Crippen LogP contribution < -0.4 is 10.1 Å². The SMILES string of the molecule is CCN(CC)S(=O)(=O)c1ccc(OC)c(NC(=O)c2cccc(I)c2)c1. The van der Waals surface area contributed by atoms with E-state index in [4.69, 9.17) is 4.74 Å². The number of rotatable bonds is 7. The van der Waals surface area contributed by atoms with E-state index in [-0.39, 0.29) is 10.8 Å². The number of nitrogens with zero attached hydrogens (tertiary/aromatic N) is 1. The second-order valence-electron chi connectivity index (χ2n) is 5.42. The Morgan fingerprint density at radius 3 is 2.42 bits per heavy atom. The van der Waals surface area contributed by atoms with Crippen LogP contribution in [0, 0.1) is 3.57 Å². The first-order valence-electron chi connectivity index (χ1n) is 8.08. The van der Waals surface area contributed by atoms with Crippen molar-refractivity contribution in [3.8, 4) is 5.75 Å². The molecule has 0 aliphatic heterocycles. The van der Waals surface area contributed by atoms with E-state index in [1.54, 1.807) is 38.1 Å². The maximum absolute atomic E-state index is 12.7. The minimum Gasteiger partial charge on any atom is -0.495 e. The molecule has 2 aromatic rings. The normalized spacial score (nSPS) is 11.4. The second kappa shape index (κ2) is 8.83. The molecule has 1 amide bonds. The van der Waals surface area contributed by atoms with Crippen LogP contribution in [0.15, 0.2) is 47.4 Å². The molecular formula is C18H21IN2O4S. The number of anilines is 1. The molecule has 0 heterocycles. The Bertz CT molecular complexity index is 896. The van der Waals surface area contributed by atoms with Gasteiger partial charge in [0.2, 0.25) is 10.0 Å². The van der Waals surface area contributed by atoms with Crippen molar-refractivity contribution in [2.24, 2.45) is 0 Å². The molecule has 0 aliphatic rings. The maximum Gasteiger partial charge on any atom is 0.255 e. The molecule has 0 aromatic heterocycles. The molecule has 0 atom stereocenters. The molecule has 0 saturated carbocycles. The van der Waals surface area contributed by atoms with Gasteiger partial charge in [0.05, 0.1) is 17.7 Å². The summed E-state index contributed by atoms with van der Waals surface area (Å²) in [5.74, 6) is 0.0571. The maximum atomic E-state index is 12.7. The molecule has 6 nitrogen and oxygen atoms in total. The lowest BCUT2D eigenvalue weighted by Gasteiger charge is -2.19. The third-order valence-electron chi connectivity index (χ3n) is 3.85. The number of carbonyl (C=O) groups is 1. The van der Waals surface area contributed by atoms with Crippen molar-refractivity contribution >= 4 is 44.2 Å². The van der Waals surface area contributed by atoms with Crippen LogP contribution in [0.5, 0.6) is 5.75 Å². The number of carbonyl (C=O) groups excluding carboxylic acids is 1. The van der Waals surface area contributed by atoms with Crippen LogP contribution in [0.3, 0.4) is 0 Å². The molecule has 0 radical (unpaired) electrons. The first-order chi connectivity index (χ1) is 12.3. The second-order valence-corrected chi connectivity index (χ2v) is 8.60. The van der Waals surface area contributed by atoms with Crippen LogP contribution in [0.2, 0.25) is 0 Å². The van der Waals surface area contributed by atoms with Gasteiger partial charge in [-0.1, -0.05) is 19.9 Å². The number of ether oxygens (including phenoxy) is 1. The summed E-state index contributed by atoms with van der Waals surface area (Å²) in [5.41, 5.74) is 0.792. The van der Waals surface area contributed by atoms with Gasteiger partial charge in [0.1, 0.15) is 5.75 Å². The van der Waals surface area contributed by atoms with Gasteiger partial charge in [-0.25, -0.2) is 8.42 Å². The lowest BCUT2D eigenvalue weighted by atomic mass is 10.2. The molecule has 0 spiro atoms. The third kappa shape index (κ3) is 4.54. The molecule has 0 aliphatic carbocycles. The summed E-state index contributed by atoms with van der Waals surface area (Å²) in [5, 5.41) is 2.74. The largest absolute Gasteiger partial charge is 0.495 e. The van der Waals surface area contributed by atoms with Crippen LogP contribution in [0.25, 0.3) is 0 Å². The van der Waals surface area contributed by atoms with E-state index in [1.165, 1.54) is 23.5 Å². The highest BCUT2D eigenvalue weighted by Crippen LogP contribution is 2.29. The molecule has 140 valence electrons. The Labute approximate surface area is 167 Å². The fourth-order valence-corrected chi connectivity index (χ4v) is 4.51. The number of nitrogens with one attached hydrogen (secondary N) is 1. The minimum absolute atomic E-state index is 0.111. The smallest absolute Gasteiger partial charge is 0.255 e. The molecule has 1 N–H and O–H groups in total. The Hall–Kier alpha value is -1.65. The summed E-state index contributed by atoms with van der Waals surface area (Å²) in [7, 11) is -2.16. The van der Waals surface area contributed by atoms with Gasteiger partial charge in [-0.2, -0.15) is 4.31 Å². The van der Waals surface area contributed by atoms with Gasteiger partial charge in [-0.3, -0.25) is 4.79 Å². The van der Waals surface area contributed by atoms with Gasteiger partial charge >= 0.3 is 0 Å². The third-order valence-corrected chi connectivity index (χ3v) is 6.57. The number of hydrogen-bond donors (Lipinski definition) is 1. The minimum atomic E-state index is -3.63. The van der Waals surface area contributed by atoms with Gasteiger partial charge in [0, 0.05) is 22.2 Å². The Balaban J connectivity index is 2.40. The molecule has 0 fully saturated rings. The van der Waals surface area contributed by atoms with Gasteiger partial charge in [-0.05, 0) is 59.0 Å². The Morgan fingerprint density at radius 2 is 1.85 bits per heavy atom. The zero-order valence-electron chi connectivity index (χ0n) is 14.8. The highest BCUT2D eigenvalue weighted by atomic mass is 127. The lowest BCUT2D eigenvalue weighted by molar-refractivity contribution is 0.102. The fourth-order valence-electron chi connectivity index (χ4n) is 2.48. The van der Waals surface area contributed by atoms with Crippen molar-refractivity contribution in [3.63, 3.8) is 0 Å². The zero-order chi connectivity index (χ0) is 19.3. The van der Waals surface area contributed by atoms with E-state index in [1.807, 2.05) is 6.07 Å². The summed E-state index contributed by atoms with van der Waals surface area (Å²) in [6.45, 7) is 4.30. The van der Waals surface area contributed by atoms with Crippen LogP contribution in [0.1, 0.15) is 24.2 Å². The molecule has 2 aromatic carbocycles. The Morgan fingerprint density at radius 1 is 1.15 bits per heavy atom. The van der Waals surface area contributed by atoms with Crippen molar-refractivity contribution in [3.05, 3.63) is 51.6 Å². The molecule has 0 bridgehead atoms. The van der Waals surface area contributed by atoms with E-state index in [0.717, 1.165) is 3.57 Å². The van der Waals surface area contributed by atoms with E-state index in [2.05, 4.69) is 27.9 Å². The van der Waals surface area contributed by atoms with Crippen molar-refractivity contribution in [1.82, 2.24) is 4.31 Å². The summed E-state index contributed by atoms with van der Waals surface area (Å²) < 4.78 is 33.0. The van der Waals surface area contributed by atoms with E-state index in [9.17, 15) is 13.2 Å². The van der Waals surface area contributed by atoms with E-state index in [0.29, 0.717) is 30.1 Å². The van der Waals surface area contributed by atoms with Crippen LogP contribution in [-0.4, -0.2) is 38.8 Å². The predicted molar refractivity (Wildman–Crippen MR) is 110 cm³/mol. The quantitative estimate of drug-likeness (QED) is 0.605. The number of methoxy groups -OCH3 is 1. The van der Waals surface area contributed by atoms with E-state index < -0.39 is 10.0 Å². The molecule has 0 saturated heterocycles. The highest BCUT2D eigenvalue weighted by molar-refractivity contribution is 14.1. The fraction of sp³-hybridized carbons (Fsp3) is 0.278. The molecule has 2 rings (SSSR count). The average Bonchev–Trinajstić information content (AvgIpc) is 2.62. The molecule has 8 heteroatoms. The zero-order valence-corrected chi connectivity index (χ0v) is 17.8. The highest BCUT2D eigenvalue weighted by Gasteiger charge is 2.23. The summed E-state index contributed by atoms with van der Waals surface area (Å²) in [6.07, 6.45) is 0. The van der Waals surface area contributed by atoms with Crippen LogP contribution in [-0.2, 0) is 10.0 Å². The van der Waals surface area contributed by atoms with Gasteiger partial charge in [0.15, 0.2) is 0 Å². The number of sulfonamides is 1. The summed E-state index contributed by atoms with van der Waals surface area (Å²) in [4.78, 5) is 12.6. The van der Waals surface area contributed by atoms with Crippen LogP contribution in [0.4, 0.5) is 5.69 Å². The van der Waals surface area contributed by atoms with Crippen molar-refractivity contribution in [2.45, 2.75) is 18.7 Å². The number of amides is 1. The van der Waals surface area contributed by atoms with Crippen molar-refractivity contribution in [2.75, 3.05) is 25.5 Å². The van der Waals surface area contributed by atoms with Crippen molar-refractivity contribution in [1.29, 1.82) is 0 Å². The molecular weight excluding hydrogens is 467 g/mol. The van der Waals surface area contributed by atoms with Gasteiger partial charge in [-0.15, -0.1) is 0 Å². The summed E-state index contributed by atoms with van der Waals surface area (Å²) >= 11 is 2.13. The number of hydrogen-bond acceptors (Lipinski definition) is 4. The number of benzene rings is 2. The standard InChI is InChI=1S/C18H21IN2O4S/c1-4-21(5-2)26(23,24)15-9-10-17(25-3)16(12-15)20-18(22)13-7-6-8-14(19)11-13/h6-12H,4-5H2,1-3H3,(H,20,22). The molecule has 0 unspecified atom stereocenters.